The van der Waals surface area contributed by atoms with E-state index in [0.717, 1.165) is 28.1 Å². The van der Waals surface area contributed by atoms with Gasteiger partial charge in [-0.2, -0.15) is 18.2 Å². The molecule has 2 aliphatic heterocycles. The molecule has 2 saturated heterocycles. The van der Waals surface area contributed by atoms with Crippen molar-refractivity contribution in [3.63, 3.8) is 0 Å². The van der Waals surface area contributed by atoms with E-state index >= 15 is 0 Å². The summed E-state index contributed by atoms with van der Waals surface area (Å²) in [4.78, 5) is 57.0. The predicted octanol–water partition coefficient (Wildman–Crippen LogP) is 6.52. The lowest BCUT2D eigenvalue weighted by Crippen LogP contribution is -2.60. The molecule has 3 heterocycles. The van der Waals surface area contributed by atoms with Gasteiger partial charge in [0.15, 0.2) is 15.6 Å². The fraction of sp³-hybridized carbons (Fsp3) is 0.324. The van der Waals surface area contributed by atoms with Crippen molar-refractivity contribution in [1.29, 1.82) is 0 Å². The van der Waals surface area contributed by atoms with E-state index < -0.39 is 80.6 Å². The molecule has 2 aliphatic carbocycles. The van der Waals surface area contributed by atoms with Crippen LogP contribution in [0.4, 0.5) is 29.1 Å². The number of rotatable bonds is 4. The largest absolute Gasteiger partial charge is 0.508 e. The quantitative estimate of drug-likeness (QED) is 0.140. The van der Waals surface area contributed by atoms with Gasteiger partial charge in [-0.15, -0.1) is 23.2 Å². The Balaban J connectivity index is 1.35. The Labute approximate surface area is 297 Å². The Morgan fingerprint density at radius 1 is 0.960 bits per heavy atom. The number of imide groups is 2. The number of amides is 4. The van der Waals surface area contributed by atoms with Crippen molar-refractivity contribution in [2.45, 2.75) is 41.6 Å². The summed E-state index contributed by atoms with van der Waals surface area (Å²) >= 11 is 20.9. The molecule has 3 aromatic rings. The predicted molar refractivity (Wildman–Crippen MR) is 174 cm³/mol. The Hall–Kier alpha value is -4.20. The number of anilines is 2. The number of hydrogen-bond acceptors (Lipinski definition) is 7. The van der Waals surface area contributed by atoms with Crippen molar-refractivity contribution >= 4 is 69.9 Å². The van der Waals surface area contributed by atoms with Crippen LogP contribution in [-0.2, 0) is 25.4 Å². The van der Waals surface area contributed by atoms with Crippen LogP contribution >= 0.6 is 34.8 Å². The zero-order chi connectivity index (χ0) is 36.2. The van der Waals surface area contributed by atoms with Gasteiger partial charge in [0.05, 0.1) is 22.5 Å². The summed E-state index contributed by atoms with van der Waals surface area (Å²) in [5, 5.41) is 11.6. The molecule has 4 aliphatic rings. The average molecular weight is 752 g/mol. The molecule has 16 heteroatoms. The van der Waals surface area contributed by atoms with Crippen LogP contribution in [0.1, 0.15) is 35.6 Å². The van der Waals surface area contributed by atoms with E-state index in [9.17, 15) is 41.8 Å². The smallest absolute Gasteiger partial charge is 0.433 e. The second-order valence-electron chi connectivity index (χ2n) is 12.8. The topological polar surface area (TPSA) is 111 Å². The zero-order valence-corrected chi connectivity index (χ0v) is 28.3. The Kier molecular flexibility index (Phi) is 7.82. The monoisotopic (exact) mass is 750 g/mol. The summed E-state index contributed by atoms with van der Waals surface area (Å²) < 4.78 is 54.5. The highest BCUT2D eigenvalue weighted by Gasteiger charge is 2.76. The summed E-state index contributed by atoms with van der Waals surface area (Å²) in [6.45, 7) is 1.62. The minimum atomic E-state index is -4.84. The molecule has 7 rings (SSSR count). The zero-order valence-electron chi connectivity index (χ0n) is 26.0. The molecule has 260 valence electrons. The standard InChI is InChI=1S/C34H25Cl3F4N4O5/c1-15-13-16(3-11-23(15)46)26-19-8-9-20-25(29(48)45(28(20)47)43(2)27-22(35)10-12-24(42-27)34(39,40)41)21(19)14-32(36)30(49)44(31(50)33(26,32)37)18-6-4-17(38)5-7-18/h3-8,10-13,20-21,25-26,46H,9,14H2,1-2H3. The number of pyridine rings is 1. The van der Waals surface area contributed by atoms with E-state index in [1.165, 1.54) is 31.3 Å². The number of nitrogens with zero attached hydrogens (tertiary/aromatic N) is 4. The van der Waals surface area contributed by atoms with Crippen molar-refractivity contribution in [2.75, 3.05) is 17.0 Å². The molecular weight excluding hydrogens is 727 g/mol. The molecule has 1 aromatic heterocycles. The Bertz CT molecular complexity index is 2050. The third kappa shape index (κ3) is 4.69. The molecule has 3 fully saturated rings. The number of benzene rings is 2. The minimum absolute atomic E-state index is 0.0108. The van der Waals surface area contributed by atoms with Gasteiger partial charge in [0.25, 0.3) is 23.6 Å². The van der Waals surface area contributed by atoms with E-state index in [-0.39, 0.29) is 29.3 Å². The summed E-state index contributed by atoms with van der Waals surface area (Å²) in [5.74, 6) is -8.81. The van der Waals surface area contributed by atoms with Crippen molar-refractivity contribution in [2.24, 2.45) is 17.8 Å². The van der Waals surface area contributed by atoms with Gasteiger partial charge in [0.2, 0.25) is 0 Å². The highest BCUT2D eigenvalue weighted by atomic mass is 35.5. The highest BCUT2D eigenvalue weighted by Crippen LogP contribution is 2.66. The van der Waals surface area contributed by atoms with Crippen LogP contribution in [0.3, 0.4) is 0 Å². The summed E-state index contributed by atoms with van der Waals surface area (Å²) in [5.41, 5.74) is -0.0251. The van der Waals surface area contributed by atoms with Crippen molar-refractivity contribution in [3.8, 4) is 5.75 Å². The number of carbonyl (C=O) groups is 4. The van der Waals surface area contributed by atoms with Crippen LogP contribution in [0.15, 0.2) is 66.2 Å². The number of hydrogen-bond donors (Lipinski definition) is 1. The molecule has 4 amide bonds. The third-order valence-corrected chi connectivity index (χ3v) is 11.9. The Morgan fingerprint density at radius 3 is 2.28 bits per heavy atom. The van der Waals surface area contributed by atoms with E-state index in [2.05, 4.69) is 4.98 Å². The molecule has 0 bridgehead atoms. The van der Waals surface area contributed by atoms with Crippen molar-refractivity contribution in [3.05, 3.63) is 93.9 Å². The van der Waals surface area contributed by atoms with Crippen LogP contribution in [0.5, 0.6) is 5.75 Å². The number of fused-ring (bicyclic) bond motifs is 4. The van der Waals surface area contributed by atoms with E-state index in [1.807, 2.05) is 0 Å². The fourth-order valence-corrected chi connectivity index (χ4v) is 8.98. The molecule has 9 nitrogen and oxygen atoms in total. The maximum Gasteiger partial charge on any atom is 0.433 e. The Morgan fingerprint density at radius 2 is 1.64 bits per heavy atom. The SMILES string of the molecule is Cc1cc(C2C3=CCC4C(=O)N(N(C)c5nc(C(F)(F)F)ccc5Cl)C(=O)C4C3CC3(Cl)C(=O)N(c4ccc(F)cc4)C(=O)C23Cl)ccc1O. The normalized spacial score (nSPS) is 29.2. The van der Waals surface area contributed by atoms with Crippen LogP contribution in [0, 0.1) is 30.5 Å². The van der Waals surface area contributed by atoms with Crippen LogP contribution < -0.4 is 9.91 Å². The number of halogens is 7. The number of aromatic hydroxyl groups is 1. The molecule has 6 atom stereocenters. The molecule has 0 spiro atoms. The van der Waals surface area contributed by atoms with Crippen LogP contribution in [0.2, 0.25) is 5.02 Å². The lowest BCUT2D eigenvalue weighted by atomic mass is 9.56. The molecule has 2 aromatic carbocycles. The average Bonchev–Trinajstić information content (AvgIpc) is 3.40. The van der Waals surface area contributed by atoms with Crippen molar-refractivity contribution in [1.82, 2.24) is 9.99 Å². The number of hydrazine groups is 1. The second kappa shape index (κ2) is 11.4. The number of phenolic OH excluding ortho intramolecular Hbond substituents is 1. The highest BCUT2D eigenvalue weighted by molar-refractivity contribution is 6.58. The number of allylic oxidation sites excluding steroid dienone is 2. The lowest BCUT2D eigenvalue weighted by molar-refractivity contribution is -0.141. The number of phenols is 1. The van der Waals surface area contributed by atoms with Gasteiger partial charge in [-0.05, 0) is 79.3 Å². The van der Waals surface area contributed by atoms with Gasteiger partial charge in [-0.3, -0.25) is 24.2 Å². The van der Waals surface area contributed by atoms with Gasteiger partial charge in [0.1, 0.15) is 17.3 Å². The number of aryl methyl sites for hydroxylation is 1. The minimum Gasteiger partial charge on any atom is -0.508 e. The first-order valence-corrected chi connectivity index (χ1v) is 16.4. The maximum atomic E-state index is 14.4. The van der Waals surface area contributed by atoms with E-state index in [4.69, 9.17) is 34.8 Å². The van der Waals surface area contributed by atoms with Gasteiger partial charge in [-0.25, -0.2) is 14.3 Å². The van der Waals surface area contributed by atoms with Gasteiger partial charge in [-0.1, -0.05) is 35.4 Å². The second-order valence-corrected chi connectivity index (χ2v) is 14.5. The van der Waals surface area contributed by atoms with Gasteiger partial charge in [0, 0.05) is 13.0 Å². The summed E-state index contributed by atoms with van der Waals surface area (Å²) in [6.07, 6.45) is -3.55. The summed E-state index contributed by atoms with van der Waals surface area (Å²) in [7, 11) is 1.19. The molecular formula is C34H25Cl3F4N4O5. The van der Waals surface area contributed by atoms with Gasteiger partial charge < -0.3 is 5.11 Å². The molecule has 0 radical (unpaired) electrons. The lowest BCUT2D eigenvalue weighted by Gasteiger charge is -2.50. The maximum absolute atomic E-state index is 14.4. The number of aromatic nitrogens is 1. The molecule has 50 heavy (non-hydrogen) atoms. The van der Waals surface area contributed by atoms with E-state index in [0.29, 0.717) is 27.8 Å². The molecule has 1 saturated carbocycles. The number of carbonyl (C=O) groups excluding carboxylic acids is 4. The van der Waals surface area contributed by atoms with Crippen LogP contribution in [0.25, 0.3) is 0 Å². The first-order chi connectivity index (χ1) is 23.4. The third-order valence-electron chi connectivity index (χ3n) is 10.2. The van der Waals surface area contributed by atoms with E-state index in [1.54, 1.807) is 19.1 Å². The number of alkyl halides is 5. The fourth-order valence-electron chi connectivity index (χ4n) is 7.82. The summed E-state index contributed by atoms with van der Waals surface area (Å²) in [6, 6.07) is 10.7. The molecule has 6 unspecified atom stereocenters. The first kappa shape index (κ1) is 34.3. The van der Waals surface area contributed by atoms with Crippen molar-refractivity contribution < 1.29 is 41.8 Å². The van der Waals surface area contributed by atoms with Crippen LogP contribution in [-0.4, -0.2) is 55.5 Å². The first-order valence-electron chi connectivity index (χ1n) is 15.3. The molecule has 1 N–H and O–H groups in total. The van der Waals surface area contributed by atoms with Gasteiger partial charge >= 0.3 is 6.18 Å².